The van der Waals surface area contributed by atoms with E-state index in [-0.39, 0.29) is 0 Å². The van der Waals surface area contributed by atoms with Gasteiger partial charge in [-0.1, -0.05) is 146 Å². The molecule has 2 atom stereocenters. The van der Waals surface area contributed by atoms with Gasteiger partial charge in [-0.15, -0.1) is 0 Å². The maximum atomic E-state index is 2.52. The molecule has 0 aromatic heterocycles. The molecule has 0 N–H and O–H groups in total. The predicted octanol–water partition coefficient (Wildman–Crippen LogP) is 10.3. The summed E-state index contributed by atoms with van der Waals surface area (Å²) in [6.07, 6.45) is 5.04. The molecule has 1 heteroatoms. The van der Waals surface area contributed by atoms with Crippen molar-refractivity contribution in [3.63, 3.8) is 0 Å². The average Bonchev–Trinajstić information content (AvgIpc) is 3.47. The number of rotatable bonds is 6. The minimum atomic E-state index is -1.89. The molecule has 0 bridgehead atoms. The van der Waals surface area contributed by atoms with Crippen LogP contribution in [0.3, 0.4) is 0 Å². The van der Waals surface area contributed by atoms with Crippen molar-refractivity contribution in [3.8, 4) is 22.3 Å². The third-order valence-corrected chi connectivity index (χ3v) is 15.7. The lowest BCUT2D eigenvalue weighted by Gasteiger charge is -2.44. The Morgan fingerprint density at radius 2 is 0.919 bits per heavy atom. The molecule has 0 fully saturated rings. The van der Waals surface area contributed by atoms with Crippen molar-refractivity contribution in [2.45, 2.75) is 50.9 Å². The summed E-state index contributed by atoms with van der Waals surface area (Å²) >= 11 is 0. The topological polar surface area (TPSA) is 0 Å². The van der Waals surface area contributed by atoms with E-state index in [1.807, 2.05) is 0 Å². The number of hydrogen-bond donors (Lipinski definition) is 0. The third-order valence-electron chi connectivity index (χ3n) is 9.19. The van der Waals surface area contributed by atoms with Crippen LogP contribution in [0.15, 0.2) is 108 Å². The highest BCUT2D eigenvalue weighted by atomic mass is 28.3. The Bertz CT molecular complexity index is 1390. The predicted molar refractivity (Wildman–Crippen MR) is 163 cm³/mol. The van der Waals surface area contributed by atoms with Crippen LogP contribution >= 0.6 is 0 Å². The van der Waals surface area contributed by atoms with Gasteiger partial charge in [-0.2, -0.15) is 0 Å². The van der Waals surface area contributed by atoms with Gasteiger partial charge < -0.3 is 0 Å². The SMILES string of the molecule is CC[Si](CC)(C1C(C)=Cc2c(-c3ccccc3)cccc21)C1C(C)=Cc2c(-c3ccccc3)cccc21. The molecular formula is C36H36Si. The van der Waals surface area contributed by atoms with E-state index in [0.717, 1.165) is 0 Å². The molecule has 0 saturated heterocycles. The lowest BCUT2D eigenvalue weighted by Crippen LogP contribution is -2.47. The van der Waals surface area contributed by atoms with Gasteiger partial charge in [0.1, 0.15) is 0 Å². The van der Waals surface area contributed by atoms with Gasteiger partial charge in [0.25, 0.3) is 0 Å². The first-order valence-corrected chi connectivity index (χ1v) is 16.4. The van der Waals surface area contributed by atoms with Gasteiger partial charge in [0.2, 0.25) is 0 Å². The summed E-state index contributed by atoms with van der Waals surface area (Å²) in [5.41, 5.74) is 15.6. The molecule has 4 aromatic rings. The van der Waals surface area contributed by atoms with Crippen molar-refractivity contribution in [3.05, 3.63) is 130 Å². The van der Waals surface area contributed by atoms with Crippen molar-refractivity contribution in [2.75, 3.05) is 0 Å². The lowest BCUT2D eigenvalue weighted by molar-refractivity contribution is 0.915. The molecule has 2 unspecified atom stereocenters. The van der Waals surface area contributed by atoms with Gasteiger partial charge in [-0.3, -0.25) is 0 Å². The molecule has 0 amide bonds. The van der Waals surface area contributed by atoms with E-state index in [4.69, 9.17) is 0 Å². The zero-order valence-electron chi connectivity index (χ0n) is 22.5. The number of benzene rings is 4. The second kappa shape index (κ2) is 9.47. The van der Waals surface area contributed by atoms with Crippen LogP contribution in [0.5, 0.6) is 0 Å². The van der Waals surface area contributed by atoms with E-state index < -0.39 is 8.07 Å². The molecular weight excluding hydrogens is 460 g/mol. The van der Waals surface area contributed by atoms with E-state index in [0.29, 0.717) is 11.1 Å². The zero-order chi connectivity index (χ0) is 25.6. The van der Waals surface area contributed by atoms with Crippen molar-refractivity contribution in [1.29, 1.82) is 0 Å². The van der Waals surface area contributed by atoms with Crippen LogP contribution in [-0.2, 0) is 0 Å². The zero-order valence-corrected chi connectivity index (χ0v) is 23.5. The van der Waals surface area contributed by atoms with Gasteiger partial charge in [0, 0.05) is 11.1 Å². The Balaban J connectivity index is 1.51. The van der Waals surface area contributed by atoms with Crippen LogP contribution in [0.2, 0.25) is 12.1 Å². The quantitative estimate of drug-likeness (QED) is 0.233. The van der Waals surface area contributed by atoms with E-state index >= 15 is 0 Å². The summed E-state index contributed by atoms with van der Waals surface area (Å²) in [6, 6.07) is 38.5. The molecule has 4 aromatic carbocycles. The van der Waals surface area contributed by atoms with Crippen molar-refractivity contribution in [1.82, 2.24) is 0 Å². The standard InChI is InChI=1S/C36H36Si/c1-5-37(6-2,35-25(3)23-33-29(19-13-21-31(33)35)27-15-9-7-10-16-27)36-26(4)24-34-30(20-14-22-32(34)36)28-17-11-8-12-18-28/h7-24,35-36H,5-6H2,1-4H3. The summed E-state index contributed by atoms with van der Waals surface area (Å²) in [7, 11) is -1.89. The van der Waals surface area contributed by atoms with Gasteiger partial charge in [-0.05, 0) is 58.4 Å². The Morgan fingerprint density at radius 3 is 1.30 bits per heavy atom. The molecule has 0 nitrogen and oxygen atoms in total. The first kappa shape index (κ1) is 23.9. The van der Waals surface area contributed by atoms with Crippen molar-refractivity contribution in [2.24, 2.45) is 0 Å². The average molecular weight is 497 g/mol. The molecule has 2 aliphatic carbocycles. The van der Waals surface area contributed by atoms with Crippen LogP contribution in [0.4, 0.5) is 0 Å². The molecule has 2 aliphatic rings. The van der Waals surface area contributed by atoms with Crippen LogP contribution in [0, 0.1) is 0 Å². The minimum Gasteiger partial charge on any atom is -0.0678 e. The third kappa shape index (κ3) is 3.71. The molecule has 0 spiro atoms. The lowest BCUT2D eigenvalue weighted by atomic mass is 9.97. The highest BCUT2D eigenvalue weighted by Crippen LogP contribution is 2.56. The summed E-state index contributed by atoms with van der Waals surface area (Å²) in [6.45, 7) is 9.77. The monoisotopic (exact) mass is 496 g/mol. The highest BCUT2D eigenvalue weighted by molar-refractivity contribution is 6.84. The fraction of sp³-hybridized carbons (Fsp3) is 0.222. The van der Waals surface area contributed by atoms with Crippen molar-refractivity contribution >= 4 is 20.2 Å². The molecule has 0 aliphatic heterocycles. The second-order valence-corrected chi connectivity index (χ2v) is 16.0. The number of hydrogen-bond acceptors (Lipinski definition) is 0. The summed E-state index contributed by atoms with van der Waals surface area (Å²) in [5, 5.41) is 0. The van der Waals surface area contributed by atoms with E-state index in [9.17, 15) is 0 Å². The van der Waals surface area contributed by atoms with Crippen LogP contribution in [0.25, 0.3) is 34.4 Å². The first-order chi connectivity index (χ1) is 18.1. The van der Waals surface area contributed by atoms with Gasteiger partial charge in [-0.25, -0.2) is 0 Å². The van der Waals surface area contributed by atoms with Gasteiger partial charge in [0.15, 0.2) is 0 Å². The summed E-state index contributed by atoms with van der Waals surface area (Å²) in [5.74, 6) is 0. The fourth-order valence-electron chi connectivity index (χ4n) is 7.60. The van der Waals surface area contributed by atoms with Crippen LogP contribution < -0.4 is 0 Å². The fourth-order valence-corrected chi connectivity index (χ4v) is 13.8. The summed E-state index contributed by atoms with van der Waals surface area (Å²) in [4.78, 5) is 0. The number of allylic oxidation sites excluding steroid dienone is 2. The Labute approximate surface area is 223 Å². The maximum Gasteiger partial charge on any atom is 0.0776 e. The summed E-state index contributed by atoms with van der Waals surface area (Å²) < 4.78 is 0. The molecule has 0 saturated carbocycles. The molecule has 184 valence electrons. The Morgan fingerprint density at radius 1 is 0.514 bits per heavy atom. The second-order valence-electron chi connectivity index (χ2n) is 10.9. The van der Waals surface area contributed by atoms with Gasteiger partial charge in [0.05, 0.1) is 8.07 Å². The minimum absolute atomic E-state index is 0.542. The smallest absolute Gasteiger partial charge is 0.0678 e. The van der Waals surface area contributed by atoms with E-state index in [1.54, 1.807) is 22.3 Å². The number of fused-ring (bicyclic) bond motifs is 2. The maximum absolute atomic E-state index is 2.52. The van der Waals surface area contributed by atoms with Crippen molar-refractivity contribution < 1.29 is 0 Å². The Hall–Kier alpha value is -3.42. The molecule has 0 heterocycles. The van der Waals surface area contributed by atoms with E-state index in [1.165, 1.54) is 45.5 Å². The highest BCUT2D eigenvalue weighted by Gasteiger charge is 2.51. The van der Waals surface area contributed by atoms with Crippen LogP contribution in [-0.4, -0.2) is 8.07 Å². The van der Waals surface area contributed by atoms with Gasteiger partial charge >= 0.3 is 0 Å². The molecule has 6 rings (SSSR count). The largest absolute Gasteiger partial charge is 0.0776 e. The van der Waals surface area contributed by atoms with Crippen LogP contribution in [0.1, 0.15) is 61.0 Å². The normalized spacial score (nSPS) is 18.3. The Kier molecular flexibility index (Phi) is 6.13. The molecule has 0 radical (unpaired) electrons. The molecule has 37 heavy (non-hydrogen) atoms. The van der Waals surface area contributed by atoms with E-state index in [2.05, 4.69) is 137 Å². The first-order valence-electron chi connectivity index (χ1n) is 13.8.